The maximum Gasteiger partial charge on any atom is 0.313 e. The van der Waals surface area contributed by atoms with Gasteiger partial charge in [-0.15, -0.1) is 23.5 Å². The van der Waals surface area contributed by atoms with Gasteiger partial charge < -0.3 is 10.2 Å². The predicted molar refractivity (Wildman–Crippen MR) is 93.1 cm³/mol. The number of carboxylic acids is 2. The molecule has 0 atom stereocenters. The first-order valence-corrected chi connectivity index (χ1v) is 8.95. The summed E-state index contributed by atoms with van der Waals surface area (Å²) in [6.07, 6.45) is 5.51. The van der Waals surface area contributed by atoms with Gasteiger partial charge in [-0.05, 0) is 25.7 Å². The van der Waals surface area contributed by atoms with Gasteiger partial charge in [-0.1, -0.05) is 37.3 Å². The van der Waals surface area contributed by atoms with Crippen LogP contribution in [-0.2, 0) is 9.59 Å². The zero-order valence-corrected chi connectivity index (χ0v) is 14.3. The van der Waals surface area contributed by atoms with Crippen LogP contribution in [0.25, 0.3) is 0 Å². The largest absolute Gasteiger partial charge is 0.481 e. The van der Waals surface area contributed by atoms with Crippen molar-refractivity contribution in [2.45, 2.75) is 38.5 Å². The second-order valence-corrected chi connectivity index (χ2v) is 7.67. The fourth-order valence-electron chi connectivity index (χ4n) is 1.32. The molecule has 0 heterocycles. The van der Waals surface area contributed by atoms with Crippen molar-refractivity contribution >= 4 is 68.3 Å². The number of aliphatic carboxylic acids is 2. The van der Waals surface area contributed by atoms with Gasteiger partial charge in [-0.25, -0.2) is 0 Å². The topological polar surface area (TPSA) is 74.6 Å². The molecule has 20 heavy (non-hydrogen) atoms. The quantitative estimate of drug-likeness (QED) is 0.430. The van der Waals surface area contributed by atoms with Crippen LogP contribution in [0.1, 0.15) is 38.5 Å². The molecule has 0 saturated heterocycles. The maximum atomic E-state index is 10.3. The second-order valence-electron chi connectivity index (χ2n) is 4.02. The molecule has 0 saturated carbocycles. The Morgan fingerprint density at radius 2 is 1.10 bits per heavy atom. The molecular formula is C12H18O4S4. The fraction of sp³-hybridized carbons (Fsp3) is 0.667. The van der Waals surface area contributed by atoms with E-state index in [0.29, 0.717) is 0 Å². The highest BCUT2D eigenvalue weighted by atomic mass is 32.2. The fourth-order valence-corrected chi connectivity index (χ4v) is 3.11. The van der Waals surface area contributed by atoms with Gasteiger partial charge in [-0.3, -0.25) is 9.59 Å². The van der Waals surface area contributed by atoms with Gasteiger partial charge in [0.2, 0.25) is 0 Å². The molecule has 4 nitrogen and oxygen atoms in total. The monoisotopic (exact) mass is 354 g/mol. The van der Waals surface area contributed by atoms with Crippen LogP contribution in [0.4, 0.5) is 0 Å². The Hall–Kier alpha value is -0.180. The predicted octanol–water partition coefficient (Wildman–Crippen LogP) is 3.62. The van der Waals surface area contributed by atoms with Crippen molar-refractivity contribution < 1.29 is 19.8 Å². The van der Waals surface area contributed by atoms with Crippen LogP contribution in [0.2, 0.25) is 0 Å². The number of carboxylic acid groups (broad SMARTS) is 2. The molecule has 0 spiro atoms. The van der Waals surface area contributed by atoms with Crippen molar-refractivity contribution in [2.75, 3.05) is 11.5 Å². The van der Waals surface area contributed by atoms with E-state index in [-0.39, 0.29) is 11.5 Å². The Labute approximate surface area is 138 Å². The molecule has 0 aliphatic carbocycles. The first kappa shape index (κ1) is 19.8. The molecular weight excluding hydrogens is 336 g/mol. The van der Waals surface area contributed by atoms with Gasteiger partial charge in [0.25, 0.3) is 0 Å². The van der Waals surface area contributed by atoms with Gasteiger partial charge in [-0.2, -0.15) is 0 Å². The number of carbonyl (C=O) groups is 2. The average Bonchev–Trinajstić information content (AvgIpc) is 2.37. The number of hydrogen-bond donors (Lipinski definition) is 2. The van der Waals surface area contributed by atoms with Crippen LogP contribution < -0.4 is 0 Å². The number of thioether (sulfide) groups is 2. The molecule has 0 aliphatic rings. The Balaban J connectivity index is 3.39. The third-order valence-corrected chi connectivity index (χ3v) is 5.18. The molecule has 114 valence electrons. The molecule has 0 fully saturated rings. The van der Waals surface area contributed by atoms with Gasteiger partial charge in [0.05, 0.1) is 11.5 Å². The summed E-state index contributed by atoms with van der Waals surface area (Å²) >= 11 is 12.6. The minimum absolute atomic E-state index is 0.0356. The number of unbranched alkanes of at least 4 members (excludes halogenated alkanes) is 3. The Bertz CT molecular complexity index is 323. The van der Waals surface area contributed by atoms with E-state index < -0.39 is 11.9 Å². The summed E-state index contributed by atoms with van der Waals surface area (Å²) in [7, 11) is 0. The van der Waals surface area contributed by atoms with Gasteiger partial charge in [0, 0.05) is 8.39 Å². The minimum atomic E-state index is -0.843. The van der Waals surface area contributed by atoms with E-state index in [1.165, 1.54) is 23.5 Å². The Kier molecular flexibility index (Phi) is 12.4. The lowest BCUT2D eigenvalue weighted by Crippen LogP contribution is -2.01. The summed E-state index contributed by atoms with van der Waals surface area (Å²) in [4.78, 5) is 20.7. The molecule has 8 heteroatoms. The third-order valence-electron chi connectivity index (χ3n) is 2.23. The molecule has 0 aromatic rings. The molecule has 0 bridgehead atoms. The van der Waals surface area contributed by atoms with Crippen molar-refractivity contribution in [3.63, 3.8) is 0 Å². The summed E-state index contributed by atoms with van der Waals surface area (Å²) < 4.78 is 1.50. The van der Waals surface area contributed by atoms with Crippen LogP contribution >= 0.6 is 48.0 Å². The molecule has 0 unspecified atom stereocenters. The molecule has 0 aromatic heterocycles. The van der Waals surface area contributed by atoms with Crippen LogP contribution in [0, 0.1) is 0 Å². The van der Waals surface area contributed by atoms with Crippen molar-refractivity contribution in [1.29, 1.82) is 0 Å². The summed E-state index contributed by atoms with van der Waals surface area (Å²) in [6, 6.07) is 0. The lowest BCUT2D eigenvalue weighted by Gasteiger charge is -2.03. The van der Waals surface area contributed by atoms with Gasteiger partial charge in [0.15, 0.2) is 0 Å². The summed E-state index contributed by atoms with van der Waals surface area (Å²) in [5, 5.41) is 17.0. The van der Waals surface area contributed by atoms with Crippen molar-refractivity contribution in [1.82, 2.24) is 0 Å². The summed E-state index contributed by atoms with van der Waals surface area (Å²) in [5.74, 6) is -1.61. The van der Waals surface area contributed by atoms with Crippen LogP contribution in [0.3, 0.4) is 0 Å². The Morgan fingerprint density at radius 3 is 1.40 bits per heavy atom. The molecule has 0 aliphatic heterocycles. The van der Waals surface area contributed by atoms with E-state index in [9.17, 15) is 9.59 Å². The van der Waals surface area contributed by atoms with Crippen LogP contribution in [0.15, 0.2) is 0 Å². The lowest BCUT2D eigenvalue weighted by atomic mass is 10.1. The van der Waals surface area contributed by atoms with E-state index in [1.54, 1.807) is 0 Å². The molecule has 0 aromatic carbocycles. The smallest absolute Gasteiger partial charge is 0.313 e. The molecule has 0 rings (SSSR count). The zero-order chi connectivity index (χ0) is 15.4. The highest BCUT2D eigenvalue weighted by Crippen LogP contribution is 2.15. The van der Waals surface area contributed by atoms with E-state index in [4.69, 9.17) is 34.6 Å². The van der Waals surface area contributed by atoms with Crippen LogP contribution in [0.5, 0.6) is 0 Å². The van der Waals surface area contributed by atoms with Crippen LogP contribution in [-0.4, -0.2) is 42.1 Å². The first-order chi connectivity index (χ1) is 9.41. The van der Waals surface area contributed by atoms with E-state index in [0.717, 1.165) is 46.9 Å². The lowest BCUT2D eigenvalue weighted by molar-refractivity contribution is -0.134. The van der Waals surface area contributed by atoms with Gasteiger partial charge >= 0.3 is 11.9 Å². The maximum absolute atomic E-state index is 10.3. The molecule has 0 amide bonds. The first-order valence-electron chi connectivity index (χ1n) is 6.16. The van der Waals surface area contributed by atoms with Gasteiger partial charge in [0.1, 0.15) is 0 Å². The third kappa shape index (κ3) is 14.2. The van der Waals surface area contributed by atoms with Crippen molar-refractivity contribution in [3.05, 3.63) is 0 Å². The number of thiocarbonyl (C=S) groups is 2. The highest BCUT2D eigenvalue weighted by molar-refractivity contribution is 8.23. The highest BCUT2D eigenvalue weighted by Gasteiger charge is 2.04. The summed E-state index contributed by atoms with van der Waals surface area (Å²) in [6.45, 7) is 0. The Morgan fingerprint density at radius 1 is 0.750 bits per heavy atom. The number of hydrogen-bond acceptors (Lipinski definition) is 6. The molecule has 0 radical (unpaired) electrons. The number of rotatable bonds is 11. The SMILES string of the molecule is O=C(O)CSC(=S)CCCCCCC(=S)SCC(=O)O. The van der Waals surface area contributed by atoms with Crippen molar-refractivity contribution in [3.8, 4) is 0 Å². The second kappa shape index (κ2) is 12.6. The van der Waals surface area contributed by atoms with E-state index in [1.807, 2.05) is 0 Å². The van der Waals surface area contributed by atoms with E-state index in [2.05, 4.69) is 0 Å². The summed E-state index contributed by atoms with van der Waals surface area (Å²) in [5.41, 5.74) is 0. The standard InChI is InChI=1S/C12H18O4S4/c13-9(14)7-19-11(17)5-3-1-2-4-6-12(18)20-8-10(15)16/h1-8H2,(H,13,14)(H,15,16). The van der Waals surface area contributed by atoms with Crippen molar-refractivity contribution in [2.24, 2.45) is 0 Å². The minimum Gasteiger partial charge on any atom is -0.481 e. The molecule has 2 N–H and O–H groups in total. The normalized spacial score (nSPS) is 10.2. The van der Waals surface area contributed by atoms with E-state index >= 15 is 0 Å². The zero-order valence-electron chi connectivity index (χ0n) is 11.0. The average molecular weight is 355 g/mol.